The number of rotatable bonds is 5. The molecule has 0 aliphatic carbocycles. The van der Waals surface area contributed by atoms with Crippen LogP contribution < -0.4 is 10.5 Å². The van der Waals surface area contributed by atoms with Crippen molar-refractivity contribution in [3.8, 4) is 5.88 Å². The second-order valence-electron chi connectivity index (χ2n) is 4.78. The highest BCUT2D eigenvalue weighted by Crippen LogP contribution is 2.34. The summed E-state index contributed by atoms with van der Waals surface area (Å²) in [6.07, 6.45) is 0. The molecule has 0 fully saturated rings. The maximum absolute atomic E-state index is 5.89. The van der Waals surface area contributed by atoms with Gasteiger partial charge in [0.1, 0.15) is 5.03 Å². The topological polar surface area (TPSA) is 48.1 Å². The smallest absolute Gasteiger partial charge is 0.238 e. The maximum Gasteiger partial charge on any atom is 0.238 e. The van der Waals surface area contributed by atoms with Crippen molar-refractivity contribution in [1.82, 2.24) is 4.98 Å². The quantitative estimate of drug-likeness (QED) is 0.853. The van der Waals surface area contributed by atoms with E-state index in [0.717, 1.165) is 14.4 Å². The molecule has 2 rings (SSSR count). The average molecular weight is 353 g/mol. The van der Waals surface area contributed by atoms with Gasteiger partial charge < -0.3 is 10.5 Å². The molecule has 0 atom stereocenters. The molecule has 0 aliphatic rings. The number of hydrogen-bond donors (Lipinski definition) is 1. The minimum Gasteiger partial charge on any atom is -0.476 e. The van der Waals surface area contributed by atoms with Gasteiger partial charge >= 0.3 is 0 Å². The molecule has 2 N–H and O–H groups in total. The van der Waals surface area contributed by atoms with Crippen LogP contribution in [0.25, 0.3) is 0 Å². The summed E-state index contributed by atoms with van der Waals surface area (Å²) in [4.78, 5) is 5.59. The Hall–Kier alpha value is -1.20. The van der Waals surface area contributed by atoms with Crippen LogP contribution in [0.3, 0.4) is 0 Å². The van der Waals surface area contributed by atoms with Gasteiger partial charge in [0.15, 0.2) is 0 Å². The standard InChI is InChI=1S/C15H17BrN2OS/c1-10(2)9-19-15-12(17)7-8-14(18-15)20-13-6-4-3-5-11(13)16/h3-8,10H,9,17H2,1-2H3. The third-order valence-corrected chi connectivity index (χ3v) is 4.44. The van der Waals surface area contributed by atoms with Crippen LogP contribution in [0.15, 0.2) is 50.8 Å². The van der Waals surface area contributed by atoms with E-state index in [1.54, 1.807) is 11.8 Å². The number of halogens is 1. The van der Waals surface area contributed by atoms with Crippen molar-refractivity contribution in [2.24, 2.45) is 5.92 Å². The predicted molar refractivity (Wildman–Crippen MR) is 87.2 cm³/mol. The normalized spacial score (nSPS) is 10.8. The van der Waals surface area contributed by atoms with E-state index in [-0.39, 0.29) is 0 Å². The van der Waals surface area contributed by atoms with Gasteiger partial charge in [-0.3, -0.25) is 0 Å². The van der Waals surface area contributed by atoms with Crippen molar-refractivity contribution >= 4 is 33.4 Å². The molecule has 20 heavy (non-hydrogen) atoms. The van der Waals surface area contributed by atoms with Crippen molar-refractivity contribution < 1.29 is 4.74 Å². The number of nitrogens with two attached hydrogens (primary N) is 1. The summed E-state index contributed by atoms with van der Waals surface area (Å²) in [6.45, 7) is 4.80. The first-order valence-corrected chi connectivity index (χ1v) is 7.99. The lowest BCUT2D eigenvalue weighted by Gasteiger charge is -2.11. The van der Waals surface area contributed by atoms with Crippen LogP contribution in [0.5, 0.6) is 5.88 Å². The van der Waals surface area contributed by atoms with Crippen LogP contribution in [0.1, 0.15) is 13.8 Å². The Morgan fingerprint density at radius 1 is 1.25 bits per heavy atom. The largest absolute Gasteiger partial charge is 0.476 e. The first-order chi connectivity index (χ1) is 9.56. The van der Waals surface area contributed by atoms with E-state index in [1.165, 1.54) is 0 Å². The Balaban J connectivity index is 2.17. The highest BCUT2D eigenvalue weighted by molar-refractivity contribution is 9.10. The minimum atomic E-state index is 0.441. The number of nitrogen functional groups attached to an aromatic ring is 1. The van der Waals surface area contributed by atoms with Gasteiger partial charge in [-0.1, -0.05) is 37.7 Å². The van der Waals surface area contributed by atoms with Crippen molar-refractivity contribution in [3.63, 3.8) is 0 Å². The number of anilines is 1. The van der Waals surface area contributed by atoms with E-state index in [1.807, 2.05) is 36.4 Å². The summed E-state index contributed by atoms with van der Waals surface area (Å²) in [5.41, 5.74) is 6.46. The molecule has 0 unspecified atom stereocenters. The van der Waals surface area contributed by atoms with Crippen molar-refractivity contribution in [1.29, 1.82) is 0 Å². The van der Waals surface area contributed by atoms with Crippen LogP contribution in [0.4, 0.5) is 5.69 Å². The Kier molecular flexibility index (Phi) is 5.31. The molecule has 0 aliphatic heterocycles. The molecule has 1 aromatic carbocycles. The minimum absolute atomic E-state index is 0.441. The first-order valence-electron chi connectivity index (χ1n) is 6.38. The maximum atomic E-state index is 5.89. The van der Waals surface area contributed by atoms with E-state index in [0.29, 0.717) is 24.1 Å². The van der Waals surface area contributed by atoms with Gasteiger partial charge in [0, 0.05) is 9.37 Å². The number of pyridine rings is 1. The molecule has 1 heterocycles. The first kappa shape index (κ1) is 15.2. The SMILES string of the molecule is CC(C)COc1nc(Sc2ccccc2Br)ccc1N. The van der Waals surface area contributed by atoms with Crippen LogP contribution in [0.2, 0.25) is 0 Å². The highest BCUT2D eigenvalue weighted by Gasteiger charge is 2.08. The molecule has 5 heteroatoms. The summed E-state index contributed by atoms with van der Waals surface area (Å²) in [6, 6.07) is 11.8. The summed E-state index contributed by atoms with van der Waals surface area (Å²) in [5.74, 6) is 0.950. The van der Waals surface area contributed by atoms with Gasteiger partial charge in [-0.2, -0.15) is 0 Å². The zero-order chi connectivity index (χ0) is 14.5. The summed E-state index contributed by atoms with van der Waals surface area (Å²) < 4.78 is 6.69. The molecular weight excluding hydrogens is 336 g/mol. The van der Waals surface area contributed by atoms with E-state index in [9.17, 15) is 0 Å². The van der Waals surface area contributed by atoms with Gasteiger partial charge in [0.2, 0.25) is 5.88 Å². The molecule has 0 radical (unpaired) electrons. The summed E-state index contributed by atoms with van der Waals surface area (Å²) in [7, 11) is 0. The zero-order valence-electron chi connectivity index (χ0n) is 11.5. The lowest BCUT2D eigenvalue weighted by atomic mass is 10.2. The fraction of sp³-hybridized carbons (Fsp3) is 0.267. The second-order valence-corrected chi connectivity index (χ2v) is 6.70. The van der Waals surface area contributed by atoms with E-state index in [2.05, 4.69) is 34.8 Å². The molecule has 3 nitrogen and oxygen atoms in total. The molecular formula is C15H17BrN2OS. The fourth-order valence-corrected chi connectivity index (χ4v) is 2.82. The average Bonchev–Trinajstić information content (AvgIpc) is 2.42. The zero-order valence-corrected chi connectivity index (χ0v) is 13.9. The van der Waals surface area contributed by atoms with Crippen molar-refractivity contribution in [2.75, 3.05) is 12.3 Å². The number of nitrogens with zero attached hydrogens (tertiary/aromatic N) is 1. The molecule has 0 saturated carbocycles. The van der Waals surface area contributed by atoms with Crippen LogP contribution in [-0.2, 0) is 0 Å². The van der Waals surface area contributed by atoms with Gasteiger partial charge in [0.05, 0.1) is 12.3 Å². The molecule has 106 valence electrons. The molecule has 0 saturated heterocycles. The number of hydrogen-bond acceptors (Lipinski definition) is 4. The number of aromatic nitrogens is 1. The summed E-state index contributed by atoms with van der Waals surface area (Å²) in [5, 5.41) is 0.866. The summed E-state index contributed by atoms with van der Waals surface area (Å²) >= 11 is 5.11. The predicted octanol–water partition coefficient (Wildman–Crippen LogP) is 4.61. The molecule has 1 aromatic heterocycles. The van der Waals surface area contributed by atoms with E-state index in [4.69, 9.17) is 10.5 Å². The van der Waals surface area contributed by atoms with Crippen LogP contribution >= 0.6 is 27.7 Å². The fourth-order valence-electron chi connectivity index (χ4n) is 1.49. The Labute approximate surface area is 132 Å². The molecule has 0 spiro atoms. The monoisotopic (exact) mass is 352 g/mol. The van der Waals surface area contributed by atoms with Gasteiger partial charge in [-0.15, -0.1) is 0 Å². The van der Waals surface area contributed by atoms with Crippen LogP contribution in [0, 0.1) is 5.92 Å². The molecule has 2 aromatic rings. The lowest BCUT2D eigenvalue weighted by molar-refractivity contribution is 0.261. The van der Waals surface area contributed by atoms with Crippen LogP contribution in [-0.4, -0.2) is 11.6 Å². The Morgan fingerprint density at radius 2 is 2.00 bits per heavy atom. The number of benzene rings is 1. The third kappa shape index (κ3) is 4.15. The van der Waals surface area contributed by atoms with Gasteiger partial charge in [0.25, 0.3) is 0 Å². The Bertz CT molecular complexity index is 590. The second kappa shape index (κ2) is 6.99. The van der Waals surface area contributed by atoms with E-state index < -0.39 is 0 Å². The Morgan fingerprint density at radius 3 is 2.70 bits per heavy atom. The lowest BCUT2D eigenvalue weighted by Crippen LogP contribution is -2.07. The molecule has 0 amide bonds. The third-order valence-electron chi connectivity index (χ3n) is 2.47. The van der Waals surface area contributed by atoms with Crippen molar-refractivity contribution in [2.45, 2.75) is 23.8 Å². The van der Waals surface area contributed by atoms with Gasteiger partial charge in [-0.25, -0.2) is 4.98 Å². The van der Waals surface area contributed by atoms with E-state index >= 15 is 0 Å². The van der Waals surface area contributed by atoms with Gasteiger partial charge in [-0.05, 0) is 46.1 Å². The highest BCUT2D eigenvalue weighted by atomic mass is 79.9. The van der Waals surface area contributed by atoms with Crippen molar-refractivity contribution in [3.05, 3.63) is 40.9 Å². The molecule has 0 bridgehead atoms. The number of ether oxygens (including phenoxy) is 1.